The largest absolute Gasteiger partial charge is 0.469 e. The lowest BCUT2D eigenvalue weighted by Crippen LogP contribution is -2.40. The lowest BCUT2D eigenvalue weighted by Gasteiger charge is -2.37. The molecule has 0 unspecified atom stereocenters. The van der Waals surface area contributed by atoms with Crippen molar-refractivity contribution < 1.29 is 19.1 Å². The Morgan fingerprint density at radius 2 is 1.84 bits per heavy atom. The Labute approximate surface area is 184 Å². The van der Waals surface area contributed by atoms with Crippen LogP contribution in [0.3, 0.4) is 0 Å². The average Bonchev–Trinajstić information content (AvgIpc) is 3.39. The van der Waals surface area contributed by atoms with Gasteiger partial charge < -0.3 is 14.3 Å². The molecular formula is C27H30O4. The fourth-order valence-electron chi connectivity index (χ4n) is 5.30. The van der Waals surface area contributed by atoms with E-state index in [4.69, 9.17) is 4.74 Å². The Balaban J connectivity index is 1.48. The van der Waals surface area contributed by atoms with Crippen molar-refractivity contribution in [1.82, 2.24) is 0 Å². The summed E-state index contributed by atoms with van der Waals surface area (Å²) in [5.74, 6) is 0.00280. The first-order valence-electron chi connectivity index (χ1n) is 11.1. The second kappa shape index (κ2) is 9.61. The molecule has 4 atom stereocenters. The number of hydrogen-bond donors (Lipinski definition) is 0. The van der Waals surface area contributed by atoms with Gasteiger partial charge in [-0.3, -0.25) is 4.79 Å². The fraction of sp³-hybridized carbons (Fsp3) is 0.407. The standard InChI is InChI=1S/C27H30O4/c1-30-26(29)12-8-3-2-7-11-24-23(18-28)25-17-27(24,19-31-25)22-15-13-21(14-16-22)20-9-5-4-6-10-20/h2,4-7,9-10,13-16,18,23-25H,3,8,11-12,17,19H2,1H3/b7-2-/t23-,24-,25-,27-/m0/s1. The molecule has 0 aromatic heterocycles. The van der Waals surface area contributed by atoms with Gasteiger partial charge in [0.25, 0.3) is 0 Å². The van der Waals surface area contributed by atoms with E-state index in [0.29, 0.717) is 13.0 Å². The highest BCUT2D eigenvalue weighted by molar-refractivity contribution is 5.69. The molecule has 1 heterocycles. The molecule has 162 valence electrons. The van der Waals surface area contributed by atoms with E-state index in [0.717, 1.165) is 32.0 Å². The van der Waals surface area contributed by atoms with E-state index in [1.165, 1.54) is 23.8 Å². The SMILES string of the molecule is COC(=O)CCC/C=C\C[C@H]1[C@H](C=O)[C@@H]2C[C@@]1(c1ccc(-c3ccccc3)cc1)CO2. The molecular weight excluding hydrogens is 388 g/mol. The number of methoxy groups -OCH3 is 1. The lowest BCUT2D eigenvalue weighted by atomic mass is 9.69. The van der Waals surface area contributed by atoms with Crippen molar-refractivity contribution in [2.45, 2.75) is 43.6 Å². The third-order valence-electron chi connectivity index (χ3n) is 6.98. The first-order valence-corrected chi connectivity index (χ1v) is 11.1. The molecule has 31 heavy (non-hydrogen) atoms. The topological polar surface area (TPSA) is 52.6 Å². The van der Waals surface area contributed by atoms with Crippen LogP contribution in [0.2, 0.25) is 0 Å². The van der Waals surface area contributed by atoms with Crippen molar-refractivity contribution in [2.75, 3.05) is 13.7 Å². The van der Waals surface area contributed by atoms with Gasteiger partial charge in [-0.25, -0.2) is 0 Å². The molecule has 2 bridgehead atoms. The van der Waals surface area contributed by atoms with Crippen LogP contribution in [0.4, 0.5) is 0 Å². The predicted molar refractivity (Wildman–Crippen MR) is 121 cm³/mol. The Kier molecular flexibility index (Phi) is 6.67. The summed E-state index contributed by atoms with van der Waals surface area (Å²) in [4.78, 5) is 23.1. The Morgan fingerprint density at radius 3 is 2.55 bits per heavy atom. The van der Waals surface area contributed by atoms with Crippen molar-refractivity contribution in [3.63, 3.8) is 0 Å². The van der Waals surface area contributed by atoms with Crippen LogP contribution in [0.15, 0.2) is 66.7 Å². The van der Waals surface area contributed by atoms with Crippen LogP contribution in [0.1, 0.15) is 37.7 Å². The molecule has 1 aliphatic carbocycles. The number of rotatable bonds is 9. The molecule has 1 saturated heterocycles. The molecule has 0 radical (unpaired) electrons. The van der Waals surface area contributed by atoms with Crippen LogP contribution in [0.5, 0.6) is 0 Å². The number of benzene rings is 2. The molecule has 4 heteroatoms. The van der Waals surface area contributed by atoms with Crippen molar-refractivity contribution in [3.05, 3.63) is 72.3 Å². The molecule has 2 aromatic carbocycles. The van der Waals surface area contributed by atoms with Crippen molar-refractivity contribution in [3.8, 4) is 11.1 Å². The second-order valence-corrected chi connectivity index (χ2v) is 8.65. The molecule has 1 saturated carbocycles. The third kappa shape index (κ3) is 4.35. The van der Waals surface area contributed by atoms with Gasteiger partial charge in [-0.2, -0.15) is 0 Å². The van der Waals surface area contributed by atoms with Gasteiger partial charge >= 0.3 is 5.97 Å². The summed E-state index contributed by atoms with van der Waals surface area (Å²) < 4.78 is 10.7. The van der Waals surface area contributed by atoms with E-state index in [1.54, 1.807) is 0 Å². The molecule has 2 aromatic rings. The van der Waals surface area contributed by atoms with Crippen LogP contribution in [-0.4, -0.2) is 32.1 Å². The van der Waals surface area contributed by atoms with Crippen LogP contribution in [0.25, 0.3) is 11.1 Å². The molecule has 1 aliphatic heterocycles. The van der Waals surface area contributed by atoms with Crippen LogP contribution >= 0.6 is 0 Å². The highest BCUT2D eigenvalue weighted by atomic mass is 16.5. The van der Waals surface area contributed by atoms with Gasteiger partial charge in [0.05, 0.1) is 19.8 Å². The van der Waals surface area contributed by atoms with Crippen LogP contribution < -0.4 is 0 Å². The van der Waals surface area contributed by atoms with E-state index in [-0.39, 0.29) is 29.3 Å². The van der Waals surface area contributed by atoms with Crippen molar-refractivity contribution >= 4 is 12.3 Å². The predicted octanol–water partition coefficient (Wildman–Crippen LogP) is 5.11. The molecule has 0 amide bonds. The molecule has 2 fully saturated rings. The number of hydrogen-bond acceptors (Lipinski definition) is 4. The van der Waals surface area contributed by atoms with Gasteiger partial charge in [-0.1, -0.05) is 66.7 Å². The quantitative estimate of drug-likeness (QED) is 0.246. The average molecular weight is 419 g/mol. The first kappa shape index (κ1) is 21.5. The van der Waals surface area contributed by atoms with E-state index >= 15 is 0 Å². The smallest absolute Gasteiger partial charge is 0.305 e. The number of aldehydes is 1. The van der Waals surface area contributed by atoms with Crippen LogP contribution in [0, 0.1) is 11.8 Å². The zero-order valence-electron chi connectivity index (χ0n) is 18.0. The molecule has 4 rings (SSSR count). The molecule has 0 N–H and O–H groups in total. The summed E-state index contributed by atoms with van der Waals surface area (Å²) in [5, 5.41) is 0. The monoisotopic (exact) mass is 418 g/mol. The molecule has 0 spiro atoms. The lowest BCUT2D eigenvalue weighted by molar-refractivity contribution is -0.140. The number of allylic oxidation sites excluding steroid dienone is 2. The van der Waals surface area contributed by atoms with Gasteiger partial charge in [0.15, 0.2) is 0 Å². The zero-order valence-corrected chi connectivity index (χ0v) is 18.0. The van der Waals surface area contributed by atoms with Crippen LogP contribution in [-0.2, 0) is 24.5 Å². The molecule has 4 nitrogen and oxygen atoms in total. The highest BCUT2D eigenvalue weighted by Gasteiger charge is 2.59. The number of carbonyl (C=O) groups is 2. The highest BCUT2D eigenvalue weighted by Crippen LogP contribution is 2.56. The fourth-order valence-corrected chi connectivity index (χ4v) is 5.30. The minimum Gasteiger partial charge on any atom is -0.469 e. The van der Waals surface area contributed by atoms with Gasteiger partial charge in [0.2, 0.25) is 0 Å². The summed E-state index contributed by atoms with van der Waals surface area (Å²) in [7, 11) is 1.42. The maximum absolute atomic E-state index is 11.9. The van der Waals surface area contributed by atoms with Gasteiger partial charge in [0.1, 0.15) is 6.29 Å². The second-order valence-electron chi connectivity index (χ2n) is 8.65. The van der Waals surface area contributed by atoms with Gasteiger partial charge in [-0.15, -0.1) is 0 Å². The van der Waals surface area contributed by atoms with E-state index in [2.05, 4.69) is 65.4 Å². The number of fused-ring (bicyclic) bond motifs is 2. The summed E-state index contributed by atoms with van der Waals surface area (Å²) in [6.07, 6.45) is 9.24. The Hall–Kier alpha value is -2.72. The number of ether oxygens (including phenoxy) is 2. The van der Waals surface area contributed by atoms with E-state index < -0.39 is 0 Å². The van der Waals surface area contributed by atoms with E-state index in [9.17, 15) is 9.59 Å². The van der Waals surface area contributed by atoms with Crippen molar-refractivity contribution in [2.24, 2.45) is 11.8 Å². The zero-order chi connectivity index (χ0) is 21.7. The molecule has 2 aliphatic rings. The van der Waals surface area contributed by atoms with Crippen molar-refractivity contribution in [1.29, 1.82) is 0 Å². The maximum Gasteiger partial charge on any atom is 0.305 e. The normalized spacial score (nSPS) is 26.9. The summed E-state index contributed by atoms with van der Waals surface area (Å²) in [6, 6.07) is 19.2. The summed E-state index contributed by atoms with van der Waals surface area (Å²) in [6.45, 7) is 0.674. The van der Waals surface area contributed by atoms with E-state index in [1.807, 2.05) is 6.07 Å². The third-order valence-corrected chi connectivity index (χ3v) is 6.98. The van der Waals surface area contributed by atoms with Gasteiger partial charge in [-0.05, 0) is 48.3 Å². The number of carbonyl (C=O) groups excluding carboxylic acids is 2. The maximum atomic E-state index is 11.9. The van der Waals surface area contributed by atoms with Gasteiger partial charge in [0, 0.05) is 17.8 Å². The minimum atomic E-state index is -0.169. The summed E-state index contributed by atoms with van der Waals surface area (Å²) >= 11 is 0. The Bertz CT molecular complexity index is 918. The Morgan fingerprint density at radius 1 is 1.10 bits per heavy atom. The minimum absolute atomic E-state index is 0.0176. The first-order chi connectivity index (χ1) is 15.2. The summed E-state index contributed by atoms with van der Waals surface area (Å²) in [5.41, 5.74) is 3.56. The number of unbranched alkanes of at least 4 members (excludes halogenated alkanes) is 1. The number of esters is 1.